The molecule has 0 amide bonds. The van der Waals surface area contributed by atoms with Crippen LogP contribution in [0.25, 0.3) is 22.6 Å². The molecule has 1 aliphatic rings. The minimum absolute atomic E-state index is 0.0765. The van der Waals surface area contributed by atoms with Crippen LogP contribution in [0.5, 0.6) is 5.75 Å². The maximum atomic E-state index is 12.7. The maximum Gasteiger partial charge on any atom is 0.344 e. The zero-order valence-electron chi connectivity index (χ0n) is 15.1. The largest absolute Gasteiger partial charge is 0.479 e. The van der Waals surface area contributed by atoms with Crippen LogP contribution in [0.4, 0.5) is 0 Å². The molecule has 0 saturated carbocycles. The van der Waals surface area contributed by atoms with E-state index in [1.807, 2.05) is 12.1 Å². The highest BCUT2D eigenvalue weighted by molar-refractivity contribution is 6.31. The number of halogens is 1. The first-order valence-corrected chi connectivity index (χ1v) is 9.21. The Balaban J connectivity index is 1.73. The van der Waals surface area contributed by atoms with Gasteiger partial charge in [-0.3, -0.25) is 9.36 Å². The van der Waals surface area contributed by atoms with Gasteiger partial charge in [-0.05, 0) is 60.9 Å². The Bertz CT molecular complexity index is 1180. The first kappa shape index (κ1) is 18.3. The van der Waals surface area contributed by atoms with E-state index in [1.54, 1.807) is 41.0 Å². The van der Waals surface area contributed by atoms with Gasteiger partial charge in [0, 0.05) is 11.6 Å². The van der Waals surface area contributed by atoms with Crippen molar-refractivity contribution in [3.63, 3.8) is 0 Å². The van der Waals surface area contributed by atoms with Crippen molar-refractivity contribution in [2.45, 2.75) is 26.0 Å². The lowest BCUT2D eigenvalue weighted by Gasteiger charge is -2.10. The van der Waals surface area contributed by atoms with Crippen molar-refractivity contribution in [2.75, 3.05) is 0 Å². The van der Waals surface area contributed by atoms with Gasteiger partial charge in [-0.15, -0.1) is 0 Å². The third kappa shape index (κ3) is 3.39. The smallest absolute Gasteiger partial charge is 0.344 e. The fourth-order valence-corrected chi connectivity index (χ4v) is 3.43. The monoisotopic (exact) mass is 396 g/mol. The summed E-state index contributed by atoms with van der Waals surface area (Å²) in [6, 6.07) is 12.3. The average molecular weight is 397 g/mol. The van der Waals surface area contributed by atoms with Gasteiger partial charge in [0.1, 0.15) is 11.6 Å². The summed E-state index contributed by atoms with van der Waals surface area (Å²) in [4.78, 5) is 28.4. The topological polar surface area (TPSA) is 81.4 Å². The molecule has 142 valence electrons. The van der Waals surface area contributed by atoms with Crippen LogP contribution < -0.4 is 10.3 Å². The molecule has 3 aromatic rings. The lowest BCUT2D eigenvalue weighted by atomic mass is 10.1. The summed E-state index contributed by atoms with van der Waals surface area (Å²) >= 11 is 6.05. The predicted octanol–water partition coefficient (Wildman–Crippen LogP) is 3.85. The number of allylic oxidation sites excluding steroid dienone is 1. The Labute approximate surface area is 165 Å². The van der Waals surface area contributed by atoms with Gasteiger partial charge in [0.25, 0.3) is 5.56 Å². The van der Waals surface area contributed by atoms with Crippen molar-refractivity contribution >= 4 is 40.1 Å². The van der Waals surface area contributed by atoms with Crippen molar-refractivity contribution in [2.24, 2.45) is 0 Å². The van der Waals surface area contributed by atoms with E-state index in [2.05, 4.69) is 4.98 Å². The van der Waals surface area contributed by atoms with E-state index in [0.717, 1.165) is 11.1 Å². The molecule has 2 heterocycles. The number of hydrogen-bond donors (Lipinski definition) is 1. The third-order valence-electron chi connectivity index (χ3n) is 4.67. The second-order valence-electron chi connectivity index (χ2n) is 6.64. The van der Waals surface area contributed by atoms with Gasteiger partial charge in [-0.25, -0.2) is 9.78 Å². The summed E-state index contributed by atoms with van der Waals surface area (Å²) in [7, 11) is 0. The number of carboxylic acids is 1. The van der Waals surface area contributed by atoms with Crippen molar-refractivity contribution in [1.29, 1.82) is 0 Å². The summed E-state index contributed by atoms with van der Waals surface area (Å²) in [5.41, 5.74) is 2.28. The minimum Gasteiger partial charge on any atom is -0.479 e. The average Bonchev–Trinajstić information content (AvgIpc) is 3.04. The molecule has 0 aliphatic carbocycles. The van der Waals surface area contributed by atoms with E-state index in [4.69, 9.17) is 21.4 Å². The second-order valence-corrected chi connectivity index (χ2v) is 7.08. The zero-order chi connectivity index (χ0) is 19.8. The van der Waals surface area contributed by atoms with Crippen LogP contribution in [-0.4, -0.2) is 26.7 Å². The number of aromatic nitrogens is 2. The number of fused-ring (bicyclic) bond motifs is 2. The molecule has 28 heavy (non-hydrogen) atoms. The summed E-state index contributed by atoms with van der Waals surface area (Å²) in [6.45, 7) is 2.05. The SMILES string of the molecule is CC(Oc1cccc(/C=C2/CCn3c2nc2cc(Cl)ccc2c3=O)c1)C(=O)O. The summed E-state index contributed by atoms with van der Waals surface area (Å²) < 4.78 is 7.10. The van der Waals surface area contributed by atoms with Gasteiger partial charge >= 0.3 is 5.97 Å². The number of ether oxygens (including phenoxy) is 1. The minimum atomic E-state index is -1.03. The molecule has 0 bridgehead atoms. The number of nitrogens with zero attached hydrogens (tertiary/aromatic N) is 2. The van der Waals surface area contributed by atoms with Crippen molar-refractivity contribution in [3.8, 4) is 5.75 Å². The molecule has 1 unspecified atom stereocenters. The third-order valence-corrected chi connectivity index (χ3v) is 4.90. The summed E-state index contributed by atoms with van der Waals surface area (Å²) in [6.07, 6.45) is 1.69. The molecule has 0 fully saturated rings. The molecule has 1 aliphatic heterocycles. The van der Waals surface area contributed by atoms with Crippen LogP contribution in [0, 0.1) is 0 Å². The summed E-state index contributed by atoms with van der Waals surface area (Å²) in [5, 5.41) is 10.1. The van der Waals surface area contributed by atoms with Crippen LogP contribution in [0.1, 0.15) is 24.7 Å². The van der Waals surface area contributed by atoms with E-state index in [1.165, 1.54) is 6.92 Å². The van der Waals surface area contributed by atoms with Gasteiger partial charge in [0.2, 0.25) is 0 Å². The zero-order valence-corrected chi connectivity index (χ0v) is 15.8. The molecule has 0 saturated heterocycles. The molecule has 2 aromatic carbocycles. The molecule has 1 atom stereocenters. The Kier molecular flexibility index (Phi) is 4.65. The van der Waals surface area contributed by atoms with Crippen LogP contribution in [0.2, 0.25) is 5.02 Å². The molecule has 6 nitrogen and oxygen atoms in total. The normalized spacial score (nSPS) is 15.6. The molecule has 7 heteroatoms. The van der Waals surface area contributed by atoms with Gasteiger partial charge in [0.15, 0.2) is 6.10 Å². The number of rotatable bonds is 4. The quantitative estimate of drug-likeness (QED) is 0.724. The standard InChI is InChI=1S/C21H17ClN2O4/c1-12(21(26)27)28-16-4-2-3-13(10-16)9-14-7-8-24-19(14)23-18-11-15(22)5-6-17(18)20(24)25/h2-6,9-12H,7-8H2,1H3,(H,26,27)/b14-9-. The van der Waals surface area contributed by atoms with E-state index < -0.39 is 12.1 Å². The van der Waals surface area contributed by atoms with Crippen molar-refractivity contribution < 1.29 is 14.6 Å². The molecule has 0 spiro atoms. The van der Waals surface area contributed by atoms with E-state index in [0.29, 0.717) is 40.5 Å². The van der Waals surface area contributed by atoms with Crippen LogP contribution >= 0.6 is 11.6 Å². The number of carbonyl (C=O) groups is 1. The number of hydrogen-bond acceptors (Lipinski definition) is 4. The van der Waals surface area contributed by atoms with Crippen LogP contribution in [0.15, 0.2) is 47.3 Å². The van der Waals surface area contributed by atoms with Crippen LogP contribution in [0.3, 0.4) is 0 Å². The fourth-order valence-electron chi connectivity index (χ4n) is 3.26. The number of aliphatic carboxylic acids is 1. The highest BCUT2D eigenvalue weighted by Crippen LogP contribution is 2.29. The number of benzene rings is 2. The van der Waals surface area contributed by atoms with Crippen LogP contribution in [-0.2, 0) is 11.3 Å². The molecular weight excluding hydrogens is 380 g/mol. The fraction of sp³-hybridized carbons (Fsp3) is 0.190. The van der Waals surface area contributed by atoms with E-state index in [-0.39, 0.29) is 5.56 Å². The lowest BCUT2D eigenvalue weighted by molar-refractivity contribution is -0.144. The van der Waals surface area contributed by atoms with Gasteiger partial charge in [0.05, 0.1) is 10.9 Å². The molecule has 1 aromatic heterocycles. The Morgan fingerprint density at radius 2 is 2.14 bits per heavy atom. The maximum absolute atomic E-state index is 12.7. The van der Waals surface area contributed by atoms with Gasteiger partial charge < -0.3 is 9.84 Å². The first-order valence-electron chi connectivity index (χ1n) is 8.83. The first-order chi connectivity index (χ1) is 13.4. The Morgan fingerprint density at radius 1 is 1.32 bits per heavy atom. The summed E-state index contributed by atoms with van der Waals surface area (Å²) in [5.74, 6) is 0.0745. The Hall–Kier alpha value is -3.12. The number of carboxylic acid groups (broad SMARTS) is 1. The van der Waals surface area contributed by atoms with Gasteiger partial charge in [-0.1, -0.05) is 23.7 Å². The second kappa shape index (κ2) is 7.13. The predicted molar refractivity (Wildman–Crippen MR) is 108 cm³/mol. The highest BCUT2D eigenvalue weighted by atomic mass is 35.5. The van der Waals surface area contributed by atoms with E-state index in [9.17, 15) is 9.59 Å². The van der Waals surface area contributed by atoms with Crippen molar-refractivity contribution in [1.82, 2.24) is 9.55 Å². The van der Waals surface area contributed by atoms with Crippen molar-refractivity contribution in [3.05, 3.63) is 69.2 Å². The molecular formula is C21H17ClN2O4. The Morgan fingerprint density at radius 3 is 2.93 bits per heavy atom. The molecule has 4 rings (SSSR count). The van der Waals surface area contributed by atoms with Gasteiger partial charge in [-0.2, -0.15) is 0 Å². The lowest BCUT2D eigenvalue weighted by Crippen LogP contribution is -2.22. The van der Waals surface area contributed by atoms with E-state index >= 15 is 0 Å². The molecule has 0 radical (unpaired) electrons. The highest BCUT2D eigenvalue weighted by Gasteiger charge is 2.21. The molecule has 1 N–H and O–H groups in total.